The first-order chi connectivity index (χ1) is 5.68. The van der Waals surface area contributed by atoms with Gasteiger partial charge in [-0.3, -0.25) is 0 Å². The summed E-state index contributed by atoms with van der Waals surface area (Å²) in [4.78, 5) is 4.05. The molecule has 0 fully saturated rings. The maximum Gasteiger partial charge on any atom is 0.181 e. The Hall–Kier alpha value is -0.510. The predicted molar refractivity (Wildman–Crippen MR) is 54.1 cm³/mol. The van der Waals surface area contributed by atoms with E-state index in [1.54, 1.807) is 6.07 Å². The molecule has 0 spiro atoms. The van der Waals surface area contributed by atoms with Gasteiger partial charge in [-0.25, -0.2) is 4.98 Å². The highest BCUT2D eigenvalue weighted by atomic mass is 35.5. The molecular formula is C7H4Cl2N2S. The highest BCUT2D eigenvalue weighted by molar-refractivity contribution is 7.22. The maximum atomic E-state index is 5.90. The van der Waals surface area contributed by atoms with Gasteiger partial charge in [-0.2, -0.15) is 0 Å². The minimum atomic E-state index is 0.474. The number of rotatable bonds is 0. The molecule has 1 aromatic heterocycles. The lowest BCUT2D eigenvalue weighted by molar-refractivity contribution is 1.50. The summed E-state index contributed by atoms with van der Waals surface area (Å²) in [5.41, 5.74) is 6.20. The van der Waals surface area contributed by atoms with Gasteiger partial charge in [0, 0.05) is 0 Å². The Kier molecular flexibility index (Phi) is 1.87. The molecule has 2 N–H and O–H groups in total. The Morgan fingerprint density at radius 2 is 2.08 bits per heavy atom. The second-order valence-electron chi connectivity index (χ2n) is 2.26. The van der Waals surface area contributed by atoms with Gasteiger partial charge in [-0.1, -0.05) is 34.5 Å². The molecule has 2 rings (SSSR count). The zero-order chi connectivity index (χ0) is 8.72. The van der Waals surface area contributed by atoms with Crippen LogP contribution in [0.25, 0.3) is 10.2 Å². The summed E-state index contributed by atoms with van der Waals surface area (Å²) in [7, 11) is 0. The van der Waals surface area contributed by atoms with Crippen LogP contribution in [0, 0.1) is 0 Å². The fourth-order valence-electron chi connectivity index (χ4n) is 0.954. The molecule has 0 aliphatic carbocycles. The monoisotopic (exact) mass is 218 g/mol. The Balaban J connectivity index is 2.89. The number of fused-ring (bicyclic) bond motifs is 1. The summed E-state index contributed by atoms with van der Waals surface area (Å²) in [5.74, 6) is 0. The third-order valence-corrected chi connectivity index (χ3v) is 3.11. The average molecular weight is 219 g/mol. The Bertz CT molecular complexity index is 438. The van der Waals surface area contributed by atoms with Crippen LogP contribution in [0.2, 0.25) is 10.0 Å². The smallest absolute Gasteiger partial charge is 0.181 e. The fourth-order valence-corrected chi connectivity index (χ4v) is 2.11. The summed E-state index contributed by atoms with van der Waals surface area (Å²) in [6, 6.07) is 3.60. The van der Waals surface area contributed by atoms with Gasteiger partial charge in [0.1, 0.15) is 5.52 Å². The van der Waals surface area contributed by atoms with Gasteiger partial charge in [-0.05, 0) is 12.1 Å². The normalized spacial score (nSPS) is 10.8. The Morgan fingerprint density at radius 3 is 2.83 bits per heavy atom. The van der Waals surface area contributed by atoms with Crippen LogP contribution in [0.4, 0.5) is 5.13 Å². The third kappa shape index (κ3) is 1.14. The van der Waals surface area contributed by atoms with E-state index >= 15 is 0 Å². The van der Waals surface area contributed by atoms with Crippen LogP contribution >= 0.6 is 34.5 Å². The van der Waals surface area contributed by atoms with Crippen molar-refractivity contribution in [1.82, 2.24) is 4.98 Å². The van der Waals surface area contributed by atoms with Crippen molar-refractivity contribution >= 4 is 49.9 Å². The van der Waals surface area contributed by atoms with Gasteiger partial charge in [0.15, 0.2) is 5.13 Å². The van der Waals surface area contributed by atoms with Crippen LogP contribution < -0.4 is 5.73 Å². The highest BCUT2D eigenvalue weighted by Gasteiger charge is 2.07. The lowest BCUT2D eigenvalue weighted by Crippen LogP contribution is -1.79. The summed E-state index contributed by atoms with van der Waals surface area (Å²) >= 11 is 13.1. The SMILES string of the molecule is Nc1nc2c(Cl)c(Cl)ccc2s1. The van der Waals surface area contributed by atoms with Crippen molar-refractivity contribution in [2.24, 2.45) is 0 Å². The van der Waals surface area contributed by atoms with Crippen molar-refractivity contribution in [3.63, 3.8) is 0 Å². The van der Waals surface area contributed by atoms with E-state index in [0.29, 0.717) is 20.7 Å². The van der Waals surface area contributed by atoms with E-state index in [2.05, 4.69) is 4.98 Å². The van der Waals surface area contributed by atoms with Gasteiger partial charge >= 0.3 is 0 Å². The number of hydrogen-bond donors (Lipinski definition) is 1. The van der Waals surface area contributed by atoms with Crippen LogP contribution in [0.15, 0.2) is 12.1 Å². The maximum absolute atomic E-state index is 5.90. The number of benzene rings is 1. The molecule has 2 aromatic rings. The number of thiazole rings is 1. The van der Waals surface area contributed by atoms with Crippen molar-refractivity contribution < 1.29 is 0 Å². The van der Waals surface area contributed by atoms with Crippen LogP contribution in [-0.4, -0.2) is 4.98 Å². The van der Waals surface area contributed by atoms with Crippen molar-refractivity contribution in [3.8, 4) is 0 Å². The van der Waals surface area contributed by atoms with E-state index in [-0.39, 0.29) is 0 Å². The molecule has 0 saturated carbocycles. The van der Waals surface area contributed by atoms with E-state index < -0.39 is 0 Å². The largest absolute Gasteiger partial charge is 0.375 e. The quantitative estimate of drug-likeness (QED) is 0.738. The van der Waals surface area contributed by atoms with E-state index in [9.17, 15) is 0 Å². The van der Waals surface area contributed by atoms with Gasteiger partial charge in [0.05, 0.1) is 14.7 Å². The fraction of sp³-hybridized carbons (Fsp3) is 0. The number of nitrogens with two attached hydrogens (primary N) is 1. The van der Waals surface area contributed by atoms with Crippen LogP contribution in [-0.2, 0) is 0 Å². The molecule has 5 heteroatoms. The molecule has 2 nitrogen and oxygen atoms in total. The topological polar surface area (TPSA) is 38.9 Å². The van der Waals surface area contributed by atoms with E-state index in [0.717, 1.165) is 4.70 Å². The lowest BCUT2D eigenvalue weighted by atomic mass is 10.3. The molecular weight excluding hydrogens is 215 g/mol. The van der Waals surface area contributed by atoms with Crippen LogP contribution in [0.3, 0.4) is 0 Å². The van der Waals surface area contributed by atoms with Crippen molar-refractivity contribution in [2.75, 3.05) is 5.73 Å². The van der Waals surface area contributed by atoms with Gasteiger partial charge in [-0.15, -0.1) is 0 Å². The zero-order valence-corrected chi connectivity index (χ0v) is 8.17. The predicted octanol–water partition coefficient (Wildman–Crippen LogP) is 3.19. The molecule has 1 heterocycles. The first-order valence-corrected chi connectivity index (χ1v) is 4.76. The molecule has 0 radical (unpaired) electrons. The van der Waals surface area contributed by atoms with E-state index in [1.165, 1.54) is 11.3 Å². The minimum Gasteiger partial charge on any atom is -0.375 e. The summed E-state index contributed by atoms with van der Waals surface area (Å²) in [6.45, 7) is 0. The molecule has 0 saturated heterocycles. The molecule has 62 valence electrons. The standard InChI is InChI=1S/C7H4Cl2N2S/c8-3-1-2-4-6(5(3)9)11-7(10)12-4/h1-2H,(H2,10,11). The average Bonchev–Trinajstić information content (AvgIpc) is 2.39. The van der Waals surface area contributed by atoms with Gasteiger partial charge in [0.2, 0.25) is 0 Å². The number of hydrogen-bond acceptors (Lipinski definition) is 3. The molecule has 0 aliphatic heterocycles. The second kappa shape index (κ2) is 2.76. The zero-order valence-electron chi connectivity index (χ0n) is 5.84. The van der Waals surface area contributed by atoms with Gasteiger partial charge in [0.25, 0.3) is 0 Å². The number of nitrogen functional groups attached to an aromatic ring is 1. The molecule has 12 heavy (non-hydrogen) atoms. The summed E-state index contributed by atoms with van der Waals surface area (Å²) in [6.07, 6.45) is 0. The number of nitrogens with zero attached hydrogens (tertiary/aromatic N) is 1. The third-order valence-electron chi connectivity index (χ3n) is 1.47. The molecule has 0 amide bonds. The first-order valence-electron chi connectivity index (χ1n) is 3.18. The minimum absolute atomic E-state index is 0.474. The van der Waals surface area contributed by atoms with Gasteiger partial charge < -0.3 is 5.73 Å². The lowest BCUT2D eigenvalue weighted by Gasteiger charge is -1.93. The van der Waals surface area contributed by atoms with Crippen LogP contribution in [0.5, 0.6) is 0 Å². The van der Waals surface area contributed by atoms with E-state index in [4.69, 9.17) is 28.9 Å². The number of anilines is 1. The Labute approximate surface area is 82.9 Å². The first kappa shape index (κ1) is 8.10. The molecule has 1 aromatic carbocycles. The summed E-state index contributed by atoms with van der Waals surface area (Å²) in [5, 5.41) is 1.49. The van der Waals surface area contributed by atoms with Crippen molar-refractivity contribution in [2.45, 2.75) is 0 Å². The molecule has 0 aliphatic rings. The van der Waals surface area contributed by atoms with Crippen LogP contribution in [0.1, 0.15) is 0 Å². The molecule has 0 unspecified atom stereocenters. The Morgan fingerprint density at radius 1 is 1.33 bits per heavy atom. The van der Waals surface area contributed by atoms with Crippen molar-refractivity contribution in [1.29, 1.82) is 0 Å². The number of halogens is 2. The van der Waals surface area contributed by atoms with Crippen molar-refractivity contribution in [3.05, 3.63) is 22.2 Å². The molecule has 0 atom stereocenters. The molecule has 0 bridgehead atoms. The highest BCUT2D eigenvalue weighted by Crippen LogP contribution is 2.33. The number of aromatic nitrogens is 1. The van der Waals surface area contributed by atoms with E-state index in [1.807, 2.05) is 6.07 Å². The summed E-state index contributed by atoms with van der Waals surface area (Å²) < 4.78 is 0.960. The second-order valence-corrected chi connectivity index (χ2v) is 4.11.